The first-order valence-electron chi connectivity index (χ1n) is 7.04. The Hall–Kier alpha value is -1.52. The lowest BCUT2D eigenvalue weighted by atomic mass is 10.2. The van der Waals surface area contributed by atoms with E-state index in [9.17, 15) is 0 Å². The van der Waals surface area contributed by atoms with Gasteiger partial charge in [-0.1, -0.05) is 35.0 Å². The normalized spacial score (nSPS) is 10.4. The number of methoxy groups -OCH3 is 1. The van der Waals surface area contributed by atoms with Crippen LogP contribution < -0.4 is 14.8 Å². The van der Waals surface area contributed by atoms with Gasteiger partial charge in [-0.2, -0.15) is 0 Å². The molecule has 0 amide bonds. The molecule has 1 N–H and O–H groups in total. The molecule has 0 spiro atoms. The average molecular weight is 350 g/mol. The highest BCUT2D eigenvalue weighted by Crippen LogP contribution is 2.33. The van der Waals surface area contributed by atoms with Crippen molar-refractivity contribution in [2.24, 2.45) is 0 Å². The quantitative estimate of drug-likeness (QED) is 0.731. The van der Waals surface area contributed by atoms with Crippen molar-refractivity contribution in [2.75, 3.05) is 13.7 Å². The van der Waals surface area contributed by atoms with Crippen LogP contribution in [0.25, 0.3) is 0 Å². The lowest BCUT2D eigenvalue weighted by Gasteiger charge is -2.14. The minimum atomic E-state index is 0.721. The molecule has 0 aliphatic carbocycles. The van der Waals surface area contributed by atoms with Crippen LogP contribution in [0.15, 0.2) is 46.9 Å². The van der Waals surface area contributed by atoms with Crippen molar-refractivity contribution >= 4 is 15.9 Å². The highest BCUT2D eigenvalue weighted by Gasteiger charge is 2.09. The summed E-state index contributed by atoms with van der Waals surface area (Å²) in [6.07, 6.45) is 1.11. The predicted octanol–water partition coefficient (Wildman–Crippen LogP) is 4.75. The third kappa shape index (κ3) is 4.48. The number of benzene rings is 2. The van der Waals surface area contributed by atoms with E-state index in [2.05, 4.69) is 34.2 Å². The van der Waals surface area contributed by atoms with Gasteiger partial charge in [-0.25, -0.2) is 0 Å². The second-order valence-electron chi connectivity index (χ2n) is 4.68. The van der Waals surface area contributed by atoms with Crippen molar-refractivity contribution in [1.29, 1.82) is 0 Å². The first-order chi connectivity index (χ1) is 10.2. The van der Waals surface area contributed by atoms with E-state index in [-0.39, 0.29) is 0 Å². The second kappa shape index (κ2) is 8.05. The van der Waals surface area contributed by atoms with Gasteiger partial charge in [-0.05, 0) is 43.3 Å². The molecule has 0 fully saturated rings. The zero-order chi connectivity index (χ0) is 15.1. The fraction of sp³-hybridized carbons (Fsp3) is 0.294. The molecule has 0 aromatic heterocycles. The number of halogens is 1. The van der Waals surface area contributed by atoms with Crippen molar-refractivity contribution in [3.8, 4) is 17.2 Å². The Morgan fingerprint density at radius 3 is 2.52 bits per heavy atom. The zero-order valence-electron chi connectivity index (χ0n) is 12.4. The highest BCUT2D eigenvalue weighted by atomic mass is 79.9. The van der Waals surface area contributed by atoms with Crippen LogP contribution in [-0.4, -0.2) is 13.7 Å². The van der Waals surface area contributed by atoms with Crippen molar-refractivity contribution in [2.45, 2.75) is 19.9 Å². The number of ether oxygens (including phenoxy) is 2. The summed E-state index contributed by atoms with van der Waals surface area (Å²) in [4.78, 5) is 0. The molecule has 0 aliphatic heterocycles. The molecule has 0 radical (unpaired) electrons. The first-order valence-corrected chi connectivity index (χ1v) is 7.84. The van der Waals surface area contributed by atoms with E-state index in [1.807, 2.05) is 36.4 Å². The maximum Gasteiger partial charge on any atom is 0.169 e. The van der Waals surface area contributed by atoms with E-state index in [1.165, 1.54) is 0 Å². The lowest BCUT2D eigenvalue weighted by Crippen LogP contribution is -2.14. The molecule has 0 atom stereocenters. The summed E-state index contributed by atoms with van der Waals surface area (Å²) in [6, 6.07) is 13.7. The summed E-state index contributed by atoms with van der Waals surface area (Å²) in [5.74, 6) is 2.29. The van der Waals surface area contributed by atoms with E-state index in [0.29, 0.717) is 0 Å². The molecule has 2 aromatic carbocycles. The molecule has 3 nitrogen and oxygen atoms in total. The molecule has 0 bridgehead atoms. The summed E-state index contributed by atoms with van der Waals surface area (Å²) in [6.45, 7) is 3.92. The van der Waals surface area contributed by atoms with Crippen LogP contribution in [0.1, 0.15) is 18.9 Å². The summed E-state index contributed by atoms with van der Waals surface area (Å²) in [5, 5.41) is 3.40. The molecule has 112 valence electrons. The number of para-hydroxylation sites is 2. The maximum atomic E-state index is 6.03. The SMILES string of the molecule is CCCNCc1cc(Br)ccc1Oc1ccccc1OC. The van der Waals surface area contributed by atoms with Crippen LogP contribution in [0.4, 0.5) is 0 Å². The molecule has 0 saturated carbocycles. The van der Waals surface area contributed by atoms with Gasteiger partial charge in [0.2, 0.25) is 0 Å². The topological polar surface area (TPSA) is 30.5 Å². The molecule has 0 aliphatic rings. The van der Waals surface area contributed by atoms with Crippen molar-refractivity contribution in [1.82, 2.24) is 5.32 Å². The van der Waals surface area contributed by atoms with Gasteiger partial charge >= 0.3 is 0 Å². The summed E-state index contributed by atoms with van der Waals surface area (Å²) >= 11 is 3.51. The summed E-state index contributed by atoms with van der Waals surface area (Å²) in [5.41, 5.74) is 1.11. The van der Waals surface area contributed by atoms with Gasteiger partial charge in [-0.15, -0.1) is 0 Å². The number of rotatable bonds is 7. The Kier molecular flexibility index (Phi) is 6.08. The van der Waals surface area contributed by atoms with Crippen LogP contribution in [0, 0.1) is 0 Å². The standard InChI is InChI=1S/C17H20BrNO2/c1-3-10-19-12-13-11-14(18)8-9-15(13)21-17-7-5-4-6-16(17)20-2/h4-9,11,19H,3,10,12H2,1-2H3. The Labute approximate surface area is 134 Å². The van der Waals surface area contributed by atoms with Crippen LogP contribution in [0.3, 0.4) is 0 Å². The molecular weight excluding hydrogens is 330 g/mol. The molecule has 21 heavy (non-hydrogen) atoms. The van der Waals surface area contributed by atoms with Gasteiger partial charge in [0.15, 0.2) is 11.5 Å². The van der Waals surface area contributed by atoms with Gasteiger partial charge in [0, 0.05) is 16.6 Å². The Morgan fingerprint density at radius 2 is 1.81 bits per heavy atom. The van der Waals surface area contributed by atoms with Crippen LogP contribution in [-0.2, 0) is 6.54 Å². The van der Waals surface area contributed by atoms with Gasteiger partial charge in [0.05, 0.1) is 7.11 Å². The van der Waals surface area contributed by atoms with E-state index in [0.717, 1.165) is 46.8 Å². The summed E-state index contributed by atoms with van der Waals surface area (Å²) < 4.78 is 12.4. The zero-order valence-corrected chi connectivity index (χ0v) is 13.9. The molecule has 0 heterocycles. The molecule has 2 rings (SSSR count). The number of hydrogen-bond donors (Lipinski definition) is 1. The first kappa shape index (κ1) is 15.9. The third-order valence-corrected chi connectivity index (χ3v) is 3.55. The minimum absolute atomic E-state index is 0.721. The Balaban J connectivity index is 2.22. The van der Waals surface area contributed by atoms with E-state index in [4.69, 9.17) is 9.47 Å². The van der Waals surface area contributed by atoms with Crippen LogP contribution in [0.2, 0.25) is 0 Å². The largest absolute Gasteiger partial charge is 0.493 e. The maximum absolute atomic E-state index is 6.03. The minimum Gasteiger partial charge on any atom is -0.493 e. The van der Waals surface area contributed by atoms with E-state index >= 15 is 0 Å². The van der Waals surface area contributed by atoms with Gasteiger partial charge in [0.25, 0.3) is 0 Å². The van der Waals surface area contributed by atoms with Crippen LogP contribution >= 0.6 is 15.9 Å². The van der Waals surface area contributed by atoms with E-state index < -0.39 is 0 Å². The molecule has 2 aromatic rings. The number of hydrogen-bond acceptors (Lipinski definition) is 3. The monoisotopic (exact) mass is 349 g/mol. The van der Waals surface area contributed by atoms with Gasteiger partial charge in [0.1, 0.15) is 5.75 Å². The smallest absolute Gasteiger partial charge is 0.169 e. The molecular formula is C17H20BrNO2. The van der Waals surface area contributed by atoms with Crippen molar-refractivity contribution in [3.05, 3.63) is 52.5 Å². The van der Waals surface area contributed by atoms with Gasteiger partial charge in [-0.3, -0.25) is 0 Å². The summed E-state index contributed by atoms with van der Waals surface area (Å²) in [7, 11) is 1.65. The fourth-order valence-corrected chi connectivity index (χ4v) is 2.42. The predicted molar refractivity (Wildman–Crippen MR) is 89.2 cm³/mol. The lowest BCUT2D eigenvalue weighted by molar-refractivity contribution is 0.377. The molecule has 0 saturated heterocycles. The Bertz CT molecular complexity index is 587. The van der Waals surface area contributed by atoms with Crippen molar-refractivity contribution in [3.63, 3.8) is 0 Å². The van der Waals surface area contributed by atoms with Gasteiger partial charge < -0.3 is 14.8 Å². The fourth-order valence-electron chi connectivity index (χ4n) is 2.01. The van der Waals surface area contributed by atoms with E-state index in [1.54, 1.807) is 7.11 Å². The Morgan fingerprint density at radius 1 is 1.05 bits per heavy atom. The number of nitrogens with one attached hydrogen (secondary N) is 1. The second-order valence-corrected chi connectivity index (χ2v) is 5.60. The van der Waals surface area contributed by atoms with Crippen LogP contribution in [0.5, 0.6) is 17.2 Å². The third-order valence-electron chi connectivity index (χ3n) is 3.05. The average Bonchev–Trinajstić information content (AvgIpc) is 2.50. The molecule has 4 heteroatoms. The highest BCUT2D eigenvalue weighted by molar-refractivity contribution is 9.10. The van der Waals surface area contributed by atoms with Crippen molar-refractivity contribution < 1.29 is 9.47 Å². The molecule has 0 unspecified atom stereocenters.